The molecule has 0 fully saturated rings. The summed E-state index contributed by atoms with van der Waals surface area (Å²) in [4.78, 5) is 28.1. The number of primary amides is 1. The number of aromatic nitrogens is 1. The van der Waals surface area contributed by atoms with Crippen LogP contribution in [-0.4, -0.2) is 22.8 Å². The van der Waals surface area contributed by atoms with E-state index in [1.54, 1.807) is 18.2 Å². The van der Waals surface area contributed by atoms with Gasteiger partial charge in [-0.1, -0.05) is 48.5 Å². The Balaban J connectivity index is 1.82. The third-order valence-electron chi connectivity index (χ3n) is 3.84. The molecule has 0 aliphatic carbocycles. The minimum Gasteiger partial charge on any atom is -0.368 e. The van der Waals surface area contributed by atoms with Crippen LogP contribution in [0.25, 0.3) is 10.9 Å². The van der Waals surface area contributed by atoms with Gasteiger partial charge in [0.2, 0.25) is 5.91 Å². The molecule has 2 amide bonds. The van der Waals surface area contributed by atoms with Crippen LogP contribution < -0.4 is 11.1 Å². The third-order valence-corrected chi connectivity index (χ3v) is 3.84. The fraction of sp³-hybridized carbons (Fsp3) is 0.105. The summed E-state index contributed by atoms with van der Waals surface area (Å²) in [5, 5.41) is 3.16. The Morgan fingerprint density at radius 3 is 2.52 bits per heavy atom. The number of nitrogens with one attached hydrogen (secondary N) is 1. The van der Waals surface area contributed by atoms with Crippen LogP contribution in [0.15, 0.2) is 60.7 Å². The average Bonchev–Trinajstić information content (AvgIpc) is 2.62. The first-order chi connectivity index (χ1) is 12.0. The Morgan fingerprint density at radius 1 is 1.04 bits per heavy atom. The van der Waals surface area contributed by atoms with E-state index in [0.29, 0.717) is 5.39 Å². The number of rotatable bonds is 5. The molecule has 1 heterocycles. The zero-order chi connectivity index (χ0) is 17.8. The van der Waals surface area contributed by atoms with Crippen molar-refractivity contribution in [3.05, 3.63) is 77.7 Å². The number of para-hydroxylation sites is 1. The van der Waals surface area contributed by atoms with Gasteiger partial charge in [0.15, 0.2) is 0 Å². The molecular weight excluding hydrogens is 321 g/mol. The van der Waals surface area contributed by atoms with Crippen LogP contribution in [0.1, 0.15) is 16.1 Å². The topological polar surface area (TPSA) is 85.1 Å². The normalized spacial score (nSPS) is 11.9. The second-order valence-electron chi connectivity index (χ2n) is 5.63. The fourth-order valence-electron chi connectivity index (χ4n) is 2.54. The molecule has 5 nitrogen and oxygen atoms in total. The van der Waals surface area contributed by atoms with Crippen molar-refractivity contribution in [1.82, 2.24) is 10.3 Å². The molecule has 0 radical (unpaired) electrons. The van der Waals surface area contributed by atoms with E-state index in [-0.39, 0.29) is 17.6 Å². The highest BCUT2D eigenvalue weighted by Crippen LogP contribution is 2.16. The predicted octanol–water partition coefficient (Wildman–Crippen LogP) is 2.20. The van der Waals surface area contributed by atoms with Gasteiger partial charge in [0.1, 0.15) is 23.1 Å². The first-order valence-electron chi connectivity index (χ1n) is 7.74. The first kappa shape index (κ1) is 16.6. The van der Waals surface area contributed by atoms with Gasteiger partial charge in [-0.25, -0.2) is 9.37 Å². The van der Waals surface area contributed by atoms with Crippen LogP contribution in [-0.2, 0) is 11.2 Å². The number of fused-ring (bicyclic) bond motifs is 1. The third kappa shape index (κ3) is 3.80. The van der Waals surface area contributed by atoms with E-state index < -0.39 is 23.7 Å². The van der Waals surface area contributed by atoms with Crippen LogP contribution >= 0.6 is 0 Å². The van der Waals surface area contributed by atoms with Gasteiger partial charge in [-0.3, -0.25) is 9.59 Å². The summed E-state index contributed by atoms with van der Waals surface area (Å²) in [5.74, 6) is -1.74. The van der Waals surface area contributed by atoms with Gasteiger partial charge in [0.25, 0.3) is 5.91 Å². The average molecular weight is 337 g/mol. The maximum atomic E-state index is 13.8. The van der Waals surface area contributed by atoms with E-state index >= 15 is 0 Å². The maximum Gasteiger partial charge on any atom is 0.270 e. The van der Waals surface area contributed by atoms with Crippen molar-refractivity contribution >= 4 is 22.7 Å². The smallest absolute Gasteiger partial charge is 0.270 e. The first-order valence-corrected chi connectivity index (χ1v) is 7.74. The molecule has 0 spiro atoms. The second-order valence-corrected chi connectivity index (χ2v) is 5.63. The van der Waals surface area contributed by atoms with E-state index in [1.165, 1.54) is 12.1 Å². The van der Waals surface area contributed by atoms with E-state index in [4.69, 9.17) is 5.73 Å². The van der Waals surface area contributed by atoms with Gasteiger partial charge in [0, 0.05) is 11.8 Å². The number of hydrogen-bond donors (Lipinski definition) is 2. The van der Waals surface area contributed by atoms with Crippen LogP contribution in [0.2, 0.25) is 0 Å². The number of nitrogens with zero attached hydrogens (tertiary/aromatic N) is 1. The van der Waals surface area contributed by atoms with Crippen molar-refractivity contribution in [3.8, 4) is 0 Å². The molecule has 3 aromatic rings. The Kier molecular flexibility index (Phi) is 4.70. The number of amides is 2. The van der Waals surface area contributed by atoms with E-state index in [9.17, 15) is 14.0 Å². The lowest BCUT2D eigenvalue weighted by atomic mass is 10.1. The number of benzene rings is 2. The monoisotopic (exact) mass is 337 g/mol. The lowest BCUT2D eigenvalue weighted by molar-refractivity contribution is -0.119. The Bertz CT molecular complexity index is 928. The summed E-state index contributed by atoms with van der Waals surface area (Å²) in [7, 11) is 0. The van der Waals surface area contributed by atoms with Crippen LogP contribution in [0.5, 0.6) is 0 Å². The van der Waals surface area contributed by atoms with Crippen molar-refractivity contribution in [1.29, 1.82) is 0 Å². The number of pyridine rings is 1. The lowest BCUT2D eigenvalue weighted by Gasteiger charge is -2.15. The van der Waals surface area contributed by atoms with Crippen LogP contribution in [0.3, 0.4) is 0 Å². The zero-order valence-electron chi connectivity index (χ0n) is 13.3. The van der Waals surface area contributed by atoms with E-state index in [1.807, 2.05) is 30.3 Å². The number of nitrogens with two attached hydrogens (primary N) is 1. The van der Waals surface area contributed by atoms with Crippen molar-refractivity contribution in [3.63, 3.8) is 0 Å². The molecule has 1 aromatic heterocycles. The summed E-state index contributed by atoms with van der Waals surface area (Å²) in [6.07, 6.45) is 0.268. The molecule has 3 N–H and O–H groups in total. The highest BCUT2D eigenvalue weighted by atomic mass is 19.1. The van der Waals surface area contributed by atoms with Crippen molar-refractivity contribution < 1.29 is 14.0 Å². The SMILES string of the molecule is NC(=O)[C@H](Cc1ccccc1)NC(=O)c1ccc2cccc(F)c2n1. The van der Waals surface area contributed by atoms with Crippen LogP contribution in [0.4, 0.5) is 4.39 Å². The Hall–Kier alpha value is -3.28. The number of carbonyl (C=O) groups excluding carboxylic acids is 2. The molecule has 0 saturated carbocycles. The van der Waals surface area contributed by atoms with Gasteiger partial charge in [0.05, 0.1) is 0 Å². The summed E-state index contributed by atoms with van der Waals surface area (Å²) < 4.78 is 13.8. The minimum absolute atomic E-state index is 0.0249. The fourth-order valence-corrected chi connectivity index (χ4v) is 2.54. The molecule has 0 saturated heterocycles. The van der Waals surface area contributed by atoms with Gasteiger partial charge in [-0.05, 0) is 17.7 Å². The Labute approximate surface area is 143 Å². The molecule has 126 valence electrons. The maximum absolute atomic E-state index is 13.8. The summed E-state index contributed by atoms with van der Waals surface area (Å²) >= 11 is 0. The molecule has 0 aliphatic heterocycles. The molecule has 1 atom stereocenters. The lowest BCUT2D eigenvalue weighted by Crippen LogP contribution is -2.46. The molecular formula is C19H16FN3O2. The van der Waals surface area contributed by atoms with E-state index in [0.717, 1.165) is 5.56 Å². The quantitative estimate of drug-likeness (QED) is 0.748. The van der Waals surface area contributed by atoms with E-state index in [2.05, 4.69) is 10.3 Å². The zero-order valence-corrected chi connectivity index (χ0v) is 13.3. The molecule has 3 rings (SSSR count). The molecule has 0 aliphatic rings. The van der Waals surface area contributed by atoms with Crippen LogP contribution in [0, 0.1) is 5.82 Å². The van der Waals surface area contributed by atoms with Gasteiger partial charge >= 0.3 is 0 Å². The largest absolute Gasteiger partial charge is 0.368 e. The van der Waals surface area contributed by atoms with Crippen molar-refractivity contribution in [2.75, 3.05) is 0 Å². The molecule has 0 bridgehead atoms. The van der Waals surface area contributed by atoms with Gasteiger partial charge < -0.3 is 11.1 Å². The molecule has 2 aromatic carbocycles. The highest BCUT2D eigenvalue weighted by Gasteiger charge is 2.20. The number of halogens is 1. The standard InChI is InChI=1S/C19H16FN3O2/c20-14-8-4-7-13-9-10-15(22-17(13)14)19(25)23-16(18(21)24)11-12-5-2-1-3-6-12/h1-10,16H,11H2,(H2,21,24)(H,23,25)/t16-/m0/s1. The molecule has 0 unspecified atom stereocenters. The van der Waals surface area contributed by atoms with Crippen molar-refractivity contribution in [2.45, 2.75) is 12.5 Å². The molecule has 6 heteroatoms. The predicted molar refractivity (Wildman–Crippen MR) is 92.3 cm³/mol. The van der Waals surface area contributed by atoms with Gasteiger partial charge in [-0.15, -0.1) is 0 Å². The summed E-state index contributed by atoms with van der Waals surface area (Å²) in [6.45, 7) is 0. The Morgan fingerprint density at radius 2 is 1.80 bits per heavy atom. The second kappa shape index (κ2) is 7.09. The highest BCUT2D eigenvalue weighted by molar-refractivity contribution is 5.97. The number of hydrogen-bond acceptors (Lipinski definition) is 3. The summed E-state index contributed by atoms with van der Waals surface area (Å²) in [6, 6.07) is 16.0. The minimum atomic E-state index is -0.881. The number of carbonyl (C=O) groups is 2. The van der Waals surface area contributed by atoms with Gasteiger partial charge in [-0.2, -0.15) is 0 Å². The summed E-state index contributed by atoms with van der Waals surface area (Å²) in [5.41, 5.74) is 6.39. The van der Waals surface area contributed by atoms with Crippen molar-refractivity contribution in [2.24, 2.45) is 5.73 Å². The molecule has 25 heavy (non-hydrogen) atoms.